The summed E-state index contributed by atoms with van der Waals surface area (Å²) in [5, 5.41) is 11.9. The number of aliphatic carboxylic acids is 1. The van der Waals surface area contributed by atoms with Crippen LogP contribution in [0.4, 0.5) is 4.79 Å². The van der Waals surface area contributed by atoms with Gasteiger partial charge in [0.05, 0.1) is 11.7 Å². The maximum Gasteiger partial charge on any atom is 0.317 e. The lowest BCUT2D eigenvalue weighted by Crippen LogP contribution is -2.50. The van der Waals surface area contributed by atoms with E-state index in [9.17, 15) is 18.0 Å². The molecule has 1 saturated heterocycles. The molecule has 126 valence electrons. The Balaban J connectivity index is 1.88. The fourth-order valence-electron chi connectivity index (χ4n) is 3.18. The molecule has 1 aliphatic carbocycles. The molecule has 2 N–H and O–H groups in total. The first-order valence-electron chi connectivity index (χ1n) is 7.53. The Morgan fingerprint density at radius 1 is 1.32 bits per heavy atom. The number of hydrogen-bond acceptors (Lipinski definition) is 4. The minimum absolute atomic E-state index is 0.0917. The van der Waals surface area contributed by atoms with E-state index in [4.69, 9.17) is 5.11 Å². The van der Waals surface area contributed by atoms with Crippen molar-refractivity contribution in [3.63, 3.8) is 0 Å². The predicted octanol–water partition coefficient (Wildman–Crippen LogP) is 0.563. The number of carbonyl (C=O) groups is 2. The summed E-state index contributed by atoms with van der Waals surface area (Å²) in [5.41, 5.74) is -0.323. The summed E-state index contributed by atoms with van der Waals surface area (Å²) in [6.07, 6.45) is 3.39. The molecule has 1 saturated carbocycles. The predicted molar refractivity (Wildman–Crippen MR) is 81.3 cm³/mol. The van der Waals surface area contributed by atoms with Crippen LogP contribution in [0.3, 0.4) is 0 Å². The van der Waals surface area contributed by atoms with E-state index < -0.39 is 21.7 Å². The van der Waals surface area contributed by atoms with Crippen LogP contribution < -0.4 is 5.32 Å². The van der Waals surface area contributed by atoms with Gasteiger partial charge < -0.3 is 15.3 Å². The lowest BCUT2D eigenvalue weighted by molar-refractivity contribution is -0.143. The number of amides is 2. The van der Waals surface area contributed by atoms with Gasteiger partial charge in [0, 0.05) is 31.3 Å². The van der Waals surface area contributed by atoms with Gasteiger partial charge in [0.15, 0.2) is 0 Å². The van der Waals surface area contributed by atoms with Crippen LogP contribution in [0.15, 0.2) is 0 Å². The van der Waals surface area contributed by atoms with E-state index in [1.165, 1.54) is 11.2 Å². The number of carboxylic acid groups (broad SMARTS) is 1. The number of carboxylic acids is 1. The molecule has 0 aromatic rings. The van der Waals surface area contributed by atoms with Crippen molar-refractivity contribution in [1.29, 1.82) is 0 Å². The summed E-state index contributed by atoms with van der Waals surface area (Å²) in [5.74, 6) is -1.17. The van der Waals surface area contributed by atoms with Gasteiger partial charge in [-0.3, -0.25) is 4.79 Å². The highest BCUT2D eigenvalue weighted by molar-refractivity contribution is 7.90. The van der Waals surface area contributed by atoms with Crippen molar-refractivity contribution in [2.45, 2.75) is 26.2 Å². The first kappa shape index (κ1) is 17.1. The molecule has 8 heteroatoms. The molecule has 0 aromatic carbocycles. The van der Waals surface area contributed by atoms with Crippen molar-refractivity contribution in [1.82, 2.24) is 10.2 Å². The Morgan fingerprint density at radius 2 is 1.95 bits per heavy atom. The normalized spacial score (nSPS) is 27.3. The van der Waals surface area contributed by atoms with Crippen molar-refractivity contribution < 1.29 is 23.1 Å². The van der Waals surface area contributed by atoms with E-state index in [2.05, 4.69) is 5.32 Å². The van der Waals surface area contributed by atoms with Crippen LogP contribution in [0.5, 0.6) is 0 Å². The highest BCUT2D eigenvalue weighted by atomic mass is 32.2. The molecule has 2 amide bonds. The average Bonchev–Trinajstić information content (AvgIpc) is 3.13. The Morgan fingerprint density at radius 3 is 2.45 bits per heavy atom. The van der Waals surface area contributed by atoms with E-state index in [1.807, 2.05) is 6.92 Å². The second-order valence-electron chi connectivity index (χ2n) is 7.01. The second-order valence-corrected chi connectivity index (χ2v) is 9.15. The van der Waals surface area contributed by atoms with Gasteiger partial charge in [0.1, 0.15) is 9.84 Å². The third-order valence-electron chi connectivity index (χ3n) is 4.44. The molecule has 22 heavy (non-hydrogen) atoms. The fourth-order valence-corrected chi connectivity index (χ4v) is 4.68. The molecular weight excluding hydrogens is 308 g/mol. The monoisotopic (exact) mass is 332 g/mol. The first-order chi connectivity index (χ1) is 10.1. The summed E-state index contributed by atoms with van der Waals surface area (Å²) in [6, 6.07) is -0.294. The number of piperidine rings is 1. The van der Waals surface area contributed by atoms with Crippen molar-refractivity contribution >= 4 is 21.8 Å². The fraction of sp³-hybridized carbons (Fsp3) is 0.857. The minimum Gasteiger partial charge on any atom is -0.481 e. The number of carbonyl (C=O) groups excluding carboxylic acids is 1. The Bertz CT molecular complexity index is 556. The van der Waals surface area contributed by atoms with Gasteiger partial charge in [-0.05, 0) is 25.2 Å². The number of hydrogen-bond donors (Lipinski definition) is 2. The lowest BCUT2D eigenvalue weighted by atomic mass is 9.91. The molecule has 0 aromatic heterocycles. The quantitative estimate of drug-likeness (QED) is 0.766. The zero-order chi connectivity index (χ0) is 16.5. The van der Waals surface area contributed by atoms with Gasteiger partial charge in [-0.2, -0.15) is 0 Å². The van der Waals surface area contributed by atoms with E-state index in [-0.39, 0.29) is 29.7 Å². The lowest BCUT2D eigenvalue weighted by Gasteiger charge is -2.35. The molecule has 2 fully saturated rings. The van der Waals surface area contributed by atoms with Crippen LogP contribution in [-0.4, -0.2) is 62.1 Å². The van der Waals surface area contributed by atoms with Gasteiger partial charge in [-0.15, -0.1) is 0 Å². The standard InChI is InChI=1S/C14H24N2O5S/c1-10-5-11(12(17)18)7-16(6-10)13(19)15-8-14(3-4-14)9-22(2,20)21/h10-11H,3-9H2,1-2H3,(H,15,19)(H,17,18). The maximum absolute atomic E-state index is 12.2. The summed E-state index contributed by atoms with van der Waals surface area (Å²) in [7, 11) is -3.06. The number of sulfone groups is 1. The molecular formula is C14H24N2O5S. The summed E-state index contributed by atoms with van der Waals surface area (Å²) < 4.78 is 22.8. The van der Waals surface area contributed by atoms with Crippen molar-refractivity contribution in [2.24, 2.45) is 17.3 Å². The molecule has 0 radical (unpaired) electrons. The highest BCUT2D eigenvalue weighted by Crippen LogP contribution is 2.46. The van der Waals surface area contributed by atoms with Crippen molar-refractivity contribution in [2.75, 3.05) is 31.6 Å². The number of urea groups is 1. The second kappa shape index (κ2) is 6.06. The molecule has 7 nitrogen and oxygen atoms in total. The van der Waals surface area contributed by atoms with Crippen LogP contribution in [0, 0.1) is 17.3 Å². The Kier molecular flexibility index (Phi) is 4.70. The third kappa shape index (κ3) is 4.59. The van der Waals surface area contributed by atoms with Gasteiger partial charge in [0.2, 0.25) is 0 Å². The third-order valence-corrected chi connectivity index (χ3v) is 5.57. The number of likely N-dealkylation sites (tertiary alicyclic amines) is 1. The SMILES string of the molecule is CC1CC(C(=O)O)CN(C(=O)NCC2(CS(C)(=O)=O)CC2)C1. The van der Waals surface area contributed by atoms with Crippen molar-refractivity contribution in [3.05, 3.63) is 0 Å². The number of nitrogens with zero attached hydrogens (tertiary/aromatic N) is 1. The van der Waals surface area contributed by atoms with Crippen molar-refractivity contribution in [3.8, 4) is 0 Å². The Hall–Kier alpha value is -1.31. The molecule has 1 aliphatic heterocycles. The van der Waals surface area contributed by atoms with Crippen LogP contribution >= 0.6 is 0 Å². The summed E-state index contributed by atoms with van der Waals surface area (Å²) in [6.45, 7) is 3.02. The highest BCUT2D eigenvalue weighted by Gasteiger charge is 2.45. The summed E-state index contributed by atoms with van der Waals surface area (Å²) >= 11 is 0. The van der Waals surface area contributed by atoms with E-state index in [1.54, 1.807) is 0 Å². The molecule has 2 atom stereocenters. The summed E-state index contributed by atoms with van der Waals surface area (Å²) in [4.78, 5) is 24.9. The van der Waals surface area contributed by atoms with Gasteiger partial charge >= 0.3 is 12.0 Å². The molecule has 2 rings (SSSR count). The van der Waals surface area contributed by atoms with E-state index in [0.717, 1.165) is 12.8 Å². The largest absolute Gasteiger partial charge is 0.481 e. The van der Waals surface area contributed by atoms with Crippen LogP contribution in [-0.2, 0) is 14.6 Å². The Labute approximate surface area is 131 Å². The number of rotatable bonds is 5. The maximum atomic E-state index is 12.2. The minimum atomic E-state index is -3.06. The molecule has 0 spiro atoms. The van der Waals surface area contributed by atoms with Crippen LogP contribution in [0.1, 0.15) is 26.2 Å². The van der Waals surface area contributed by atoms with Gasteiger partial charge in [-0.25, -0.2) is 13.2 Å². The molecule has 1 heterocycles. The zero-order valence-electron chi connectivity index (χ0n) is 13.0. The molecule has 2 aliphatic rings. The topological polar surface area (TPSA) is 104 Å². The smallest absolute Gasteiger partial charge is 0.317 e. The molecule has 2 unspecified atom stereocenters. The van der Waals surface area contributed by atoms with E-state index in [0.29, 0.717) is 19.5 Å². The number of nitrogens with one attached hydrogen (secondary N) is 1. The van der Waals surface area contributed by atoms with Crippen LogP contribution in [0.25, 0.3) is 0 Å². The van der Waals surface area contributed by atoms with Crippen LogP contribution in [0.2, 0.25) is 0 Å². The first-order valence-corrected chi connectivity index (χ1v) is 9.60. The average molecular weight is 332 g/mol. The van der Waals surface area contributed by atoms with E-state index >= 15 is 0 Å². The zero-order valence-corrected chi connectivity index (χ0v) is 13.9. The van der Waals surface area contributed by atoms with Gasteiger partial charge in [0.25, 0.3) is 0 Å². The molecule has 0 bridgehead atoms. The van der Waals surface area contributed by atoms with Gasteiger partial charge in [-0.1, -0.05) is 6.92 Å².